The number of hydrogen-bond donors (Lipinski definition) is 1. The van der Waals surface area contributed by atoms with Gasteiger partial charge in [0.15, 0.2) is 11.5 Å². The first-order valence-corrected chi connectivity index (χ1v) is 11.9. The van der Waals surface area contributed by atoms with Crippen LogP contribution in [0, 0.1) is 5.92 Å². The van der Waals surface area contributed by atoms with Gasteiger partial charge in [-0.2, -0.15) is 0 Å². The Morgan fingerprint density at radius 3 is 2.78 bits per heavy atom. The van der Waals surface area contributed by atoms with E-state index in [1.807, 2.05) is 59.2 Å². The lowest BCUT2D eigenvalue weighted by Crippen LogP contribution is -2.46. The molecule has 2 amide bonds. The molecule has 0 spiro atoms. The van der Waals surface area contributed by atoms with E-state index in [4.69, 9.17) is 9.47 Å². The van der Waals surface area contributed by atoms with E-state index in [9.17, 15) is 9.59 Å². The highest BCUT2D eigenvalue weighted by molar-refractivity contribution is 7.17. The Morgan fingerprint density at radius 1 is 1.16 bits per heavy atom. The van der Waals surface area contributed by atoms with Crippen LogP contribution in [0.4, 0.5) is 0 Å². The Hall–Kier alpha value is -3.00. The van der Waals surface area contributed by atoms with Crippen LogP contribution in [0.15, 0.2) is 35.7 Å². The fourth-order valence-electron chi connectivity index (χ4n) is 4.54. The number of amides is 2. The second-order valence-electron chi connectivity index (χ2n) is 8.48. The van der Waals surface area contributed by atoms with Crippen molar-refractivity contribution in [3.05, 3.63) is 47.0 Å². The molecular formula is C24H27N3O4S. The van der Waals surface area contributed by atoms with Crippen molar-refractivity contribution in [2.45, 2.75) is 25.8 Å². The van der Waals surface area contributed by atoms with E-state index in [-0.39, 0.29) is 23.8 Å². The third-order valence-corrected chi connectivity index (χ3v) is 7.24. The number of benzene rings is 1. The van der Waals surface area contributed by atoms with Gasteiger partial charge in [0.05, 0.1) is 22.2 Å². The third-order valence-electron chi connectivity index (χ3n) is 6.39. The van der Waals surface area contributed by atoms with Crippen LogP contribution < -0.4 is 14.8 Å². The van der Waals surface area contributed by atoms with Crippen LogP contribution in [-0.2, 0) is 11.8 Å². The summed E-state index contributed by atoms with van der Waals surface area (Å²) in [5.41, 5.74) is 2.71. The standard InChI is InChI=1S/C24H27N3O4S/c1-15(16-5-6-20-21(12-16)31-10-9-30-20)25-23(28)17-4-3-8-27(14-17)24(29)19-13-22-18(26(19)2)7-11-32-22/h5-7,11-13,15,17H,3-4,8-10,14H2,1-2H3,(H,25,28). The predicted octanol–water partition coefficient (Wildman–Crippen LogP) is 3.74. The van der Waals surface area contributed by atoms with Gasteiger partial charge in [-0.3, -0.25) is 9.59 Å². The summed E-state index contributed by atoms with van der Waals surface area (Å²) in [5, 5.41) is 5.15. The van der Waals surface area contributed by atoms with E-state index < -0.39 is 0 Å². The van der Waals surface area contributed by atoms with Crippen molar-refractivity contribution in [3.8, 4) is 11.5 Å². The molecule has 1 fully saturated rings. The summed E-state index contributed by atoms with van der Waals surface area (Å²) in [6, 6.07) is 9.59. The largest absolute Gasteiger partial charge is 0.486 e. The monoisotopic (exact) mass is 453 g/mol. The molecule has 4 heterocycles. The average molecular weight is 454 g/mol. The number of aromatic nitrogens is 1. The van der Waals surface area contributed by atoms with Gasteiger partial charge in [-0.1, -0.05) is 6.07 Å². The molecule has 2 aliphatic rings. The normalized spacial score (nSPS) is 19.1. The number of aryl methyl sites for hydroxylation is 1. The maximum Gasteiger partial charge on any atom is 0.270 e. The molecule has 0 bridgehead atoms. The van der Waals surface area contributed by atoms with Crippen molar-refractivity contribution in [2.24, 2.45) is 13.0 Å². The molecule has 3 aromatic rings. The van der Waals surface area contributed by atoms with Crippen molar-refractivity contribution in [2.75, 3.05) is 26.3 Å². The molecule has 1 saturated heterocycles. The van der Waals surface area contributed by atoms with Crippen LogP contribution in [0.2, 0.25) is 0 Å². The summed E-state index contributed by atoms with van der Waals surface area (Å²) in [4.78, 5) is 28.0. The zero-order valence-corrected chi connectivity index (χ0v) is 19.1. The molecule has 2 unspecified atom stereocenters. The molecule has 1 N–H and O–H groups in total. The Kier molecular flexibility index (Phi) is 5.55. The second kappa shape index (κ2) is 8.50. The van der Waals surface area contributed by atoms with Gasteiger partial charge in [-0.15, -0.1) is 11.3 Å². The van der Waals surface area contributed by atoms with Gasteiger partial charge < -0.3 is 24.3 Å². The van der Waals surface area contributed by atoms with Gasteiger partial charge >= 0.3 is 0 Å². The molecular weight excluding hydrogens is 426 g/mol. The molecule has 7 nitrogen and oxygen atoms in total. The number of piperidine rings is 1. The molecule has 32 heavy (non-hydrogen) atoms. The minimum Gasteiger partial charge on any atom is -0.486 e. The van der Waals surface area contributed by atoms with Gasteiger partial charge in [-0.25, -0.2) is 0 Å². The van der Waals surface area contributed by atoms with Crippen LogP contribution in [0.5, 0.6) is 11.5 Å². The van der Waals surface area contributed by atoms with Crippen LogP contribution in [0.3, 0.4) is 0 Å². The predicted molar refractivity (Wildman–Crippen MR) is 123 cm³/mol. The fourth-order valence-corrected chi connectivity index (χ4v) is 5.39. The van der Waals surface area contributed by atoms with E-state index in [2.05, 4.69) is 5.32 Å². The molecule has 1 aromatic carbocycles. The summed E-state index contributed by atoms with van der Waals surface area (Å²) >= 11 is 1.63. The second-order valence-corrected chi connectivity index (χ2v) is 9.43. The number of likely N-dealkylation sites (tertiary alicyclic amines) is 1. The lowest BCUT2D eigenvalue weighted by atomic mass is 9.96. The SMILES string of the molecule is CC(NC(=O)C1CCCN(C(=O)c2cc3sccc3n2C)C1)c1ccc2c(c1)OCCO2. The number of fused-ring (bicyclic) bond motifs is 2. The molecule has 2 aliphatic heterocycles. The molecule has 2 atom stereocenters. The van der Waals surface area contributed by atoms with Gasteiger partial charge in [0.25, 0.3) is 5.91 Å². The molecule has 0 aliphatic carbocycles. The number of ether oxygens (including phenoxy) is 2. The number of carbonyl (C=O) groups is 2. The van der Waals surface area contributed by atoms with Crippen molar-refractivity contribution in [1.29, 1.82) is 0 Å². The Labute approximate surface area is 190 Å². The summed E-state index contributed by atoms with van der Waals surface area (Å²) in [6.07, 6.45) is 1.60. The number of nitrogens with zero attached hydrogens (tertiary/aromatic N) is 2. The summed E-state index contributed by atoms with van der Waals surface area (Å²) in [5.74, 6) is 1.21. The molecule has 0 radical (unpaired) electrons. The molecule has 2 aromatic heterocycles. The smallest absolute Gasteiger partial charge is 0.270 e. The lowest BCUT2D eigenvalue weighted by molar-refractivity contribution is -0.127. The maximum atomic E-state index is 13.2. The number of rotatable bonds is 4. The van der Waals surface area contributed by atoms with E-state index in [1.165, 1.54) is 0 Å². The Bertz CT molecular complexity index is 1170. The zero-order chi connectivity index (χ0) is 22.2. The van der Waals surface area contributed by atoms with Crippen molar-refractivity contribution in [1.82, 2.24) is 14.8 Å². The van der Waals surface area contributed by atoms with E-state index in [1.54, 1.807) is 11.3 Å². The van der Waals surface area contributed by atoms with Gasteiger partial charge in [-0.05, 0) is 55.0 Å². The molecule has 168 valence electrons. The van der Waals surface area contributed by atoms with E-state index >= 15 is 0 Å². The van der Waals surface area contributed by atoms with Crippen molar-refractivity contribution in [3.63, 3.8) is 0 Å². The summed E-state index contributed by atoms with van der Waals surface area (Å²) in [6.45, 7) is 4.17. The minimum atomic E-state index is -0.214. The van der Waals surface area contributed by atoms with Gasteiger partial charge in [0.1, 0.15) is 18.9 Å². The van der Waals surface area contributed by atoms with Gasteiger partial charge in [0.2, 0.25) is 5.91 Å². The van der Waals surface area contributed by atoms with Crippen molar-refractivity contribution < 1.29 is 19.1 Å². The molecule has 0 saturated carbocycles. The van der Waals surface area contributed by atoms with Crippen LogP contribution >= 0.6 is 11.3 Å². The zero-order valence-electron chi connectivity index (χ0n) is 18.3. The number of carbonyl (C=O) groups excluding carboxylic acids is 2. The average Bonchev–Trinajstić information content (AvgIpc) is 3.41. The summed E-state index contributed by atoms with van der Waals surface area (Å²) in [7, 11) is 1.92. The highest BCUT2D eigenvalue weighted by Gasteiger charge is 2.31. The number of thiophene rings is 1. The van der Waals surface area contributed by atoms with Gasteiger partial charge in [0, 0.05) is 20.1 Å². The third kappa shape index (κ3) is 3.83. The van der Waals surface area contributed by atoms with Crippen molar-refractivity contribution >= 4 is 33.4 Å². The highest BCUT2D eigenvalue weighted by atomic mass is 32.1. The molecule has 5 rings (SSSR count). The highest BCUT2D eigenvalue weighted by Crippen LogP contribution is 2.33. The van der Waals surface area contributed by atoms with E-state index in [0.717, 1.165) is 34.4 Å². The fraction of sp³-hybridized carbons (Fsp3) is 0.417. The van der Waals surface area contributed by atoms with Crippen LogP contribution in [-0.4, -0.2) is 47.6 Å². The quantitative estimate of drug-likeness (QED) is 0.653. The maximum absolute atomic E-state index is 13.2. The minimum absolute atomic E-state index is 0.00622. The first kappa shape index (κ1) is 20.9. The van der Waals surface area contributed by atoms with Crippen LogP contribution in [0.25, 0.3) is 10.2 Å². The van der Waals surface area contributed by atoms with Crippen LogP contribution in [0.1, 0.15) is 41.9 Å². The Morgan fingerprint density at radius 2 is 1.97 bits per heavy atom. The number of nitrogens with one attached hydrogen (secondary N) is 1. The molecule has 8 heteroatoms. The Balaban J connectivity index is 1.25. The first-order valence-electron chi connectivity index (χ1n) is 11.0. The number of hydrogen-bond acceptors (Lipinski definition) is 5. The topological polar surface area (TPSA) is 72.8 Å². The first-order chi connectivity index (χ1) is 15.5. The van der Waals surface area contributed by atoms with E-state index in [0.29, 0.717) is 37.7 Å². The lowest BCUT2D eigenvalue weighted by Gasteiger charge is -2.33. The summed E-state index contributed by atoms with van der Waals surface area (Å²) < 4.78 is 14.3.